The lowest BCUT2D eigenvalue weighted by Crippen LogP contribution is -2.41. The zero-order chi connectivity index (χ0) is 20.5. The Bertz CT molecular complexity index is 962. The zero-order valence-corrected chi connectivity index (χ0v) is 18.0. The van der Waals surface area contributed by atoms with Crippen LogP contribution in [-0.2, 0) is 14.8 Å². The lowest BCUT2D eigenvalue weighted by atomic mass is 10.1. The Balaban J connectivity index is 1.43. The number of halogens is 2. The third-order valence-corrected chi connectivity index (χ3v) is 7.72. The predicted molar refractivity (Wildman–Crippen MR) is 112 cm³/mol. The Hall–Kier alpha value is -1.46. The highest BCUT2D eigenvalue weighted by atomic mass is 35.5. The quantitative estimate of drug-likeness (QED) is 0.629. The fourth-order valence-corrected chi connectivity index (χ4v) is 5.57. The van der Waals surface area contributed by atoms with Gasteiger partial charge in [0.25, 0.3) is 10.0 Å². The third kappa shape index (κ3) is 5.00. The lowest BCUT2D eigenvalue weighted by Gasteiger charge is -2.30. The van der Waals surface area contributed by atoms with E-state index in [1.807, 2.05) is 0 Å². The lowest BCUT2D eigenvalue weighted by molar-refractivity contribution is 0.0294. The van der Waals surface area contributed by atoms with Gasteiger partial charge in [-0.25, -0.2) is 17.8 Å². The van der Waals surface area contributed by atoms with Crippen molar-refractivity contribution in [3.63, 3.8) is 0 Å². The summed E-state index contributed by atoms with van der Waals surface area (Å²) in [5.41, 5.74) is 0.541. The van der Waals surface area contributed by atoms with Crippen molar-refractivity contribution in [3.8, 4) is 0 Å². The highest BCUT2D eigenvalue weighted by Crippen LogP contribution is 2.46. The van der Waals surface area contributed by atoms with Crippen LogP contribution in [0.5, 0.6) is 0 Å². The molecule has 0 atom stereocenters. The Morgan fingerprint density at radius 1 is 1.31 bits per heavy atom. The molecule has 1 saturated carbocycles. The minimum Gasteiger partial charge on any atom is -0.383 e. The minimum absolute atomic E-state index is 0.147. The molecule has 1 aliphatic heterocycles. The van der Waals surface area contributed by atoms with Crippen LogP contribution < -0.4 is 10.0 Å². The molecule has 158 valence electrons. The SMILES string of the molecule is O=S(=O)(Nc1nccs1)c1cc(Cl)c(NCC2(CN3CCOCC3)CC2)cc1F. The molecule has 7 nitrogen and oxygen atoms in total. The van der Waals surface area contributed by atoms with E-state index in [0.717, 1.165) is 69.2 Å². The molecule has 2 heterocycles. The van der Waals surface area contributed by atoms with Crippen LogP contribution in [0, 0.1) is 11.2 Å². The number of ether oxygens (including phenoxy) is 1. The molecule has 11 heteroatoms. The maximum Gasteiger partial charge on any atom is 0.266 e. The van der Waals surface area contributed by atoms with E-state index in [1.54, 1.807) is 5.38 Å². The maximum absolute atomic E-state index is 14.6. The van der Waals surface area contributed by atoms with Crippen molar-refractivity contribution in [2.45, 2.75) is 17.7 Å². The number of morpholine rings is 1. The van der Waals surface area contributed by atoms with Gasteiger partial charge >= 0.3 is 0 Å². The van der Waals surface area contributed by atoms with Crippen molar-refractivity contribution in [2.24, 2.45) is 5.41 Å². The van der Waals surface area contributed by atoms with Gasteiger partial charge in [-0.3, -0.25) is 9.62 Å². The zero-order valence-electron chi connectivity index (χ0n) is 15.7. The Morgan fingerprint density at radius 2 is 2.07 bits per heavy atom. The van der Waals surface area contributed by atoms with E-state index in [1.165, 1.54) is 6.20 Å². The van der Waals surface area contributed by atoms with Crippen molar-refractivity contribution < 1.29 is 17.5 Å². The monoisotopic (exact) mass is 460 g/mol. The molecule has 29 heavy (non-hydrogen) atoms. The van der Waals surface area contributed by atoms with Crippen molar-refractivity contribution in [1.29, 1.82) is 0 Å². The molecule has 0 spiro atoms. The molecule has 1 aromatic carbocycles. The van der Waals surface area contributed by atoms with E-state index in [0.29, 0.717) is 12.2 Å². The second-order valence-electron chi connectivity index (χ2n) is 7.45. The maximum atomic E-state index is 14.6. The summed E-state index contributed by atoms with van der Waals surface area (Å²) in [5, 5.41) is 5.17. The standard InChI is InChI=1S/C18H22ClFN4O3S2/c19-13-9-16(29(25,26)23-17-21-3-8-28-17)14(20)10-15(13)22-11-18(1-2-18)12-24-4-6-27-7-5-24/h3,8-10,22H,1-2,4-7,11-12H2,(H,21,23). The average molecular weight is 461 g/mol. The first-order chi connectivity index (χ1) is 13.9. The molecular formula is C18H22ClFN4O3S2. The molecule has 1 saturated heterocycles. The average Bonchev–Trinajstić information content (AvgIpc) is 3.26. The Kier molecular flexibility index (Phi) is 5.99. The number of hydrogen-bond acceptors (Lipinski definition) is 7. The molecular weight excluding hydrogens is 439 g/mol. The molecule has 0 radical (unpaired) electrons. The van der Waals surface area contributed by atoms with Crippen LogP contribution >= 0.6 is 22.9 Å². The van der Waals surface area contributed by atoms with Gasteiger partial charge in [0, 0.05) is 43.2 Å². The van der Waals surface area contributed by atoms with Crippen molar-refractivity contribution in [3.05, 3.63) is 34.5 Å². The van der Waals surface area contributed by atoms with E-state index >= 15 is 0 Å². The number of thiazole rings is 1. The highest BCUT2D eigenvalue weighted by molar-refractivity contribution is 7.93. The Morgan fingerprint density at radius 3 is 2.72 bits per heavy atom. The van der Waals surface area contributed by atoms with E-state index in [2.05, 4.69) is 19.9 Å². The molecule has 0 unspecified atom stereocenters. The number of rotatable bonds is 8. The van der Waals surface area contributed by atoms with Gasteiger partial charge < -0.3 is 10.1 Å². The summed E-state index contributed by atoms with van der Waals surface area (Å²) >= 11 is 7.38. The predicted octanol–water partition coefficient (Wildman–Crippen LogP) is 3.26. The topological polar surface area (TPSA) is 83.6 Å². The summed E-state index contributed by atoms with van der Waals surface area (Å²) in [6, 6.07) is 2.28. The van der Waals surface area contributed by atoms with Gasteiger partial charge in [-0.1, -0.05) is 11.6 Å². The fraction of sp³-hybridized carbons (Fsp3) is 0.500. The third-order valence-electron chi connectivity index (χ3n) is 5.24. The molecule has 1 aliphatic carbocycles. The first-order valence-corrected chi connectivity index (χ1v) is 12.1. The number of sulfonamides is 1. The molecule has 0 amide bonds. The first kappa shape index (κ1) is 20.8. The smallest absolute Gasteiger partial charge is 0.266 e. The van der Waals surface area contributed by atoms with Crippen LogP contribution in [0.15, 0.2) is 28.6 Å². The van der Waals surface area contributed by atoms with E-state index in [9.17, 15) is 12.8 Å². The number of hydrogen-bond donors (Lipinski definition) is 2. The molecule has 2 fully saturated rings. The number of nitrogens with one attached hydrogen (secondary N) is 2. The summed E-state index contributed by atoms with van der Waals surface area (Å²) in [4.78, 5) is 5.74. The van der Waals surface area contributed by atoms with E-state index < -0.39 is 20.7 Å². The molecule has 2 aromatic rings. The molecule has 2 aliphatic rings. The van der Waals surface area contributed by atoms with Gasteiger partial charge in [0.2, 0.25) is 0 Å². The summed E-state index contributed by atoms with van der Waals surface area (Å²) in [6.07, 6.45) is 3.66. The van der Waals surface area contributed by atoms with Gasteiger partial charge in [0.15, 0.2) is 5.13 Å². The van der Waals surface area contributed by atoms with E-state index in [4.69, 9.17) is 16.3 Å². The van der Waals surface area contributed by atoms with Gasteiger partial charge in [0.1, 0.15) is 10.7 Å². The second kappa shape index (κ2) is 8.35. The van der Waals surface area contributed by atoms with Crippen LogP contribution in [-0.4, -0.2) is 57.7 Å². The second-order valence-corrected chi connectivity index (χ2v) is 10.4. The largest absolute Gasteiger partial charge is 0.383 e. The van der Waals surface area contributed by atoms with E-state index in [-0.39, 0.29) is 15.6 Å². The summed E-state index contributed by atoms with van der Waals surface area (Å²) in [6.45, 7) is 4.99. The number of nitrogens with zero attached hydrogens (tertiary/aromatic N) is 2. The molecule has 0 bridgehead atoms. The molecule has 1 aromatic heterocycles. The number of anilines is 2. The fourth-order valence-electron chi connectivity index (χ4n) is 3.40. The van der Waals surface area contributed by atoms with Crippen LogP contribution in [0.2, 0.25) is 5.02 Å². The number of aromatic nitrogens is 1. The molecule has 2 N–H and O–H groups in total. The molecule has 4 rings (SSSR count). The first-order valence-electron chi connectivity index (χ1n) is 9.32. The van der Waals surface area contributed by atoms with Crippen molar-refractivity contribution in [1.82, 2.24) is 9.88 Å². The van der Waals surface area contributed by atoms with Crippen molar-refractivity contribution in [2.75, 3.05) is 49.4 Å². The number of benzene rings is 1. The van der Waals surface area contributed by atoms with Crippen LogP contribution in [0.25, 0.3) is 0 Å². The van der Waals surface area contributed by atoms with Crippen LogP contribution in [0.3, 0.4) is 0 Å². The summed E-state index contributed by atoms with van der Waals surface area (Å²) in [7, 11) is -4.11. The van der Waals surface area contributed by atoms with Crippen LogP contribution in [0.4, 0.5) is 15.2 Å². The van der Waals surface area contributed by atoms with Crippen molar-refractivity contribution >= 4 is 43.8 Å². The summed E-state index contributed by atoms with van der Waals surface area (Å²) in [5.74, 6) is -0.862. The van der Waals surface area contributed by atoms with Gasteiger partial charge in [-0.05, 0) is 25.0 Å². The summed E-state index contributed by atoms with van der Waals surface area (Å²) < 4.78 is 47.2. The highest BCUT2D eigenvalue weighted by Gasteiger charge is 2.43. The van der Waals surface area contributed by atoms with Gasteiger partial charge in [0.05, 0.1) is 23.9 Å². The minimum atomic E-state index is -4.11. The Labute approximate surface area is 178 Å². The normalized spacial score (nSPS) is 19.1. The van der Waals surface area contributed by atoms with Gasteiger partial charge in [-0.2, -0.15) is 0 Å². The van der Waals surface area contributed by atoms with Gasteiger partial charge in [-0.15, -0.1) is 11.3 Å². The van der Waals surface area contributed by atoms with Crippen LogP contribution in [0.1, 0.15) is 12.8 Å².